The number of fused-ring (bicyclic) bond motifs is 1. The van der Waals surface area contributed by atoms with Crippen molar-refractivity contribution in [3.8, 4) is 0 Å². The maximum Gasteiger partial charge on any atom is 0.328 e. The van der Waals surface area contributed by atoms with Crippen LogP contribution in [0.4, 0.5) is 0 Å². The van der Waals surface area contributed by atoms with E-state index in [1.165, 1.54) is 0 Å². The van der Waals surface area contributed by atoms with Crippen LogP contribution in [-0.4, -0.2) is 31.6 Å². The summed E-state index contributed by atoms with van der Waals surface area (Å²) in [6, 6.07) is -1.07. The fourth-order valence-electron chi connectivity index (χ4n) is 1.19. The minimum Gasteiger partial charge on any atom is -0.480 e. The highest BCUT2D eigenvalue weighted by atomic mass is 32.2. The highest BCUT2D eigenvalue weighted by molar-refractivity contribution is 7.99. The zero-order valence-electron chi connectivity index (χ0n) is 6.67. The molecule has 0 amide bonds. The number of carboxylic acids is 1. The molecule has 1 atom stereocenters. The van der Waals surface area contributed by atoms with Gasteiger partial charge in [0.1, 0.15) is 0 Å². The molecule has 0 saturated heterocycles. The summed E-state index contributed by atoms with van der Waals surface area (Å²) in [5.41, 5.74) is 5.42. The molecule has 0 aliphatic carbocycles. The van der Waals surface area contributed by atoms with Crippen molar-refractivity contribution in [2.45, 2.75) is 17.7 Å². The van der Waals surface area contributed by atoms with E-state index in [9.17, 15) is 4.79 Å². The molecule has 13 heavy (non-hydrogen) atoms. The Kier molecular flexibility index (Phi) is 1.97. The molecule has 1 unspecified atom stereocenters. The van der Waals surface area contributed by atoms with Gasteiger partial charge in [-0.2, -0.15) is 0 Å². The van der Waals surface area contributed by atoms with E-state index < -0.39 is 12.0 Å². The van der Waals surface area contributed by atoms with Gasteiger partial charge < -0.3 is 15.4 Å². The number of hydrogen-bond acceptors (Lipinski definition) is 5. The normalized spacial score (nSPS) is 17.0. The van der Waals surface area contributed by atoms with Crippen LogP contribution in [0, 0.1) is 0 Å². The van der Waals surface area contributed by atoms with Gasteiger partial charge in [-0.1, -0.05) is 11.8 Å². The van der Waals surface area contributed by atoms with E-state index in [4.69, 9.17) is 10.8 Å². The van der Waals surface area contributed by atoms with Crippen LogP contribution in [0.15, 0.2) is 5.16 Å². The number of carboxylic acid groups (broad SMARTS) is 1. The molecular formula is C6H8N4O2S. The molecule has 1 aliphatic heterocycles. The summed E-state index contributed by atoms with van der Waals surface area (Å²) >= 11 is 1.56. The second-order valence-corrected chi connectivity index (χ2v) is 3.72. The molecule has 3 N–H and O–H groups in total. The summed E-state index contributed by atoms with van der Waals surface area (Å²) in [4.78, 5) is 10.6. The molecule has 70 valence electrons. The fourth-order valence-corrected chi connectivity index (χ4v) is 2.08. The zero-order valence-corrected chi connectivity index (χ0v) is 7.49. The number of nitrogens with two attached hydrogens (primary N) is 1. The van der Waals surface area contributed by atoms with Crippen molar-refractivity contribution in [3.63, 3.8) is 0 Å². The second kappa shape index (κ2) is 3.00. The van der Waals surface area contributed by atoms with Crippen LogP contribution in [0.1, 0.15) is 11.9 Å². The van der Waals surface area contributed by atoms with Crippen molar-refractivity contribution in [1.82, 2.24) is 14.8 Å². The molecule has 0 saturated carbocycles. The Balaban J connectivity index is 2.36. The Hall–Kier alpha value is -1.08. The van der Waals surface area contributed by atoms with E-state index in [2.05, 4.69) is 10.2 Å². The SMILES string of the molecule is NC(C(=O)O)c1nnc2n1CCS2. The van der Waals surface area contributed by atoms with Crippen molar-refractivity contribution in [3.05, 3.63) is 5.82 Å². The van der Waals surface area contributed by atoms with Crippen LogP contribution in [-0.2, 0) is 11.3 Å². The number of aromatic nitrogens is 3. The van der Waals surface area contributed by atoms with Crippen molar-refractivity contribution >= 4 is 17.7 Å². The molecule has 0 fully saturated rings. The van der Waals surface area contributed by atoms with E-state index in [0.29, 0.717) is 5.82 Å². The lowest BCUT2D eigenvalue weighted by atomic mass is 10.3. The van der Waals surface area contributed by atoms with Gasteiger partial charge >= 0.3 is 5.97 Å². The average Bonchev–Trinajstić information content (AvgIpc) is 2.61. The van der Waals surface area contributed by atoms with Gasteiger partial charge in [0.15, 0.2) is 17.0 Å². The summed E-state index contributed by atoms with van der Waals surface area (Å²) in [7, 11) is 0. The molecule has 1 aromatic rings. The summed E-state index contributed by atoms with van der Waals surface area (Å²) in [5.74, 6) is 0.170. The van der Waals surface area contributed by atoms with Gasteiger partial charge in [-0.05, 0) is 0 Å². The first kappa shape index (κ1) is 8.52. The predicted octanol–water partition coefficient (Wildman–Crippen LogP) is -0.532. The van der Waals surface area contributed by atoms with Gasteiger partial charge in [0.05, 0.1) is 0 Å². The first-order chi connectivity index (χ1) is 6.20. The lowest BCUT2D eigenvalue weighted by Crippen LogP contribution is -2.24. The summed E-state index contributed by atoms with van der Waals surface area (Å²) in [5, 5.41) is 17.0. The first-order valence-corrected chi connectivity index (χ1v) is 4.73. The zero-order chi connectivity index (χ0) is 9.42. The summed E-state index contributed by atoms with van der Waals surface area (Å²) in [6.45, 7) is 0.739. The molecule has 0 radical (unpaired) electrons. The summed E-state index contributed by atoms with van der Waals surface area (Å²) in [6.07, 6.45) is 0. The van der Waals surface area contributed by atoms with Crippen molar-refractivity contribution in [2.75, 3.05) is 5.75 Å². The quantitative estimate of drug-likeness (QED) is 0.666. The molecule has 0 aromatic carbocycles. The highest BCUT2D eigenvalue weighted by Gasteiger charge is 2.26. The minimum absolute atomic E-state index is 0.340. The van der Waals surface area contributed by atoms with E-state index in [0.717, 1.165) is 17.5 Å². The van der Waals surface area contributed by atoms with Crippen LogP contribution in [0.5, 0.6) is 0 Å². The van der Waals surface area contributed by atoms with Gasteiger partial charge in [-0.3, -0.25) is 4.79 Å². The topological polar surface area (TPSA) is 94.0 Å². The van der Waals surface area contributed by atoms with Crippen molar-refractivity contribution < 1.29 is 9.90 Å². The predicted molar refractivity (Wildman–Crippen MR) is 45.3 cm³/mol. The van der Waals surface area contributed by atoms with Crippen LogP contribution in [0.25, 0.3) is 0 Å². The number of aliphatic carboxylic acids is 1. The van der Waals surface area contributed by atoms with Gasteiger partial charge in [-0.15, -0.1) is 10.2 Å². The lowest BCUT2D eigenvalue weighted by molar-refractivity contribution is -0.138. The molecular weight excluding hydrogens is 192 g/mol. The summed E-state index contributed by atoms with van der Waals surface area (Å²) < 4.78 is 1.75. The van der Waals surface area contributed by atoms with Gasteiger partial charge in [-0.25, -0.2) is 0 Å². The molecule has 7 heteroatoms. The van der Waals surface area contributed by atoms with E-state index >= 15 is 0 Å². The Bertz CT molecular complexity index is 350. The van der Waals surface area contributed by atoms with Gasteiger partial charge in [0, 0.05) is 12.3 Å². The molecule has 1 aliphatic rings. The smallest absolute Gasteiger partial charge is 0.328 e. The minimum atomic E-state index is -1.08. The largest absolute Gasteiger partial charge is 0.480 e. The Morgan fingerprint density at radius 2 is 2.46 bits per heavy atom. The van der Waals surface area contributed by atoms with Crippen LogP contribution >= 0.6 is 11.8 Å². The van der Waals surface area contributed by atoms with Crippen LogP contribution in [0.2, 0.25) is 0 Å². The standard InChI is InChI=1S/C6H8N4O2S/c7-3(5(11)12)4-8-9-6-10(4)1-2-13-6/h3H,1-2,7H2,(H,11,12). The molecule has 2 rings (SSSR count). The Labute approximate surface area is 78.1 Å². The number of nitrogens with zero attached hydrogens (tertiary/aromatic N) is 3. The monoisotopic (exact) mass is 200 g/mol. The molecule has 1 aromatic heterocycles. The van der Waals surface area contributed by atoms with E-state index in [1.54, 1.807) is 16.3 Å². The van der Waals surface area contributed by atoms with Crippen LogP contribution in [0.3, 0.4) is 0 Å². The number of carbonyl (C=O) groups is 1. The number of thioether (sulfide) groups is 1. The van der Waals surface area contributed by atoms with E-state index in [1.807, 2.05) is 0 Å². The van der Waals surface area contributed by atoms with Gasteiger partial charge in [0.2, 0.25) is 0 Å². The molecule has 0 bridgehead atoms. The molecule has 6 nitrogen and oxygen atoms in total. The molecule has 2 heterocycles. The number of hydrogen-bond donors (Lipinski definition) is 2. The fraction of sp³-hybridized carbons (Fsp3) is 0.500. The van der Waals surface area contributed by atoms with Crippen molar-refractivity contribution in [1.29, 1.82) is 0 Å². The third-order valence-corrected chi connectivity index (χ3v) is 2.78. The van der Waals surface area contributed by atoms with Crippen LogP contribution < -0.4 is 5.73 Å². The Morgan fingerprint density at radius 3 is 3.15 bits per heavy atom. The lowest BCUT2D eigenvalue weighted by Gasteiger charge is -2.05. The maximum atomic E-state index is 10.6. The highest BCUT2D eigenvalue weighted by Crippen LogP contribution is 2.25. The number of rotatable bonds is 2. The maximum absolute atomic E-state index is 10.6. The second-order valence-electron chi connectivity index (χ2n) is 2.66. The third kappa shape index (κ3) is 1.29. The Morgan fingerprint density at radius 1 is 1.69 bits per heavy atom. The molecule has 0 spiro atoms. The van der Waals surface area contributed by atoms with E-state index in [-0.39, 0.29) is 0 Å². The first-order valence-electron chi connectivity index (χ1n) is 3.74. The third-order valence-electron chi connectivity index (χ3n) is 1.84. The van der Waals surface area contributed by atoms with Crippen molar-refractivity contribution in [2.24, 2.45) is 5.73 Å². The van der Waals surface area contributed by atoms with Gasteiger partial charge in [0.25, 0.3) is 0 Å². The average molecular weight is 200 g/mol.